The lowest BCUT2D eigenvalue weighted by Gasteiger charge is -2.19. The lowest BCUT2D eigenvalue weighted by Crippen LogP contribution is -2.34. The highest BCUT2D eigenvalue weighted by molar-refractivity contribution is 5.72. The van der Waals surface area contributed by atoms with Gasteiger partial charge < -0.3 is 21.3 Å². The van der Waals surface area contributed by atoms with Crippen molar-refractivity contribution in [2.45, 2.75) is 26.1 Å². The van der Waals surface area contributed by atoms with Crippen LogP contribution in [0.15, 0.2) is 12.3 Å². The second kappa shape index (κ2) is 5.60. The summed E-state index contributed by atoms with van der Waals surface area (Å²) >= 11 is 0. The SMILES string of the molecule is CC(=O)NCC(O)C(O)c1cc(C)cnc1N. The van der Waals surface area contributed by atoms with Crippen LogP contribution in [0.25, 0.3) is 0 Å². The number of nitrogen functional groups attached to an aromatic ring is 1. The van der Waals surface area contributed by atoms with Crippen LogP contribution in [0.4, 0.5) is 5.82 Å². The molecule has 5 N–H and O–H groups in total. The molecular weight excluding hydrogens is 222 g/mol. The fourth-order valence-electron chi connectivity index (χ4n) is 1.41. The number of nitrogens with one attached hydrogen (secondary N) is 1. The van der Waals surface area contributed by atoms with Crippen LogP contribution in [0.3, 0.4) is 0 Å². The summed E-state index contributed by atoms with van der Waals surface area (Å²) in [4.78, 5) is 14.6. The Labute approximate surface area is 99.5 Å². The van der Waals surface area contributed by atoms with Crippen LogP contribution in [-0.4, -0.2) is 33.8 Å². The quantitative estimate of drug-likeness (QED) is 0.566. The van der Waals surface area contributed by atoms with Gasteiger partial charge in [0.1, 0.15) is 18.0 Å². The van der Waals surface area contributed by atoms with Crippen molar-refractivity contribution in [2.75, 3.05) is 12.3 Å². The van der Waals surface area contributed by atoms with Gasteiger partial charge in [-0.2, -0.15) is 0 Å². The molecule has 6 heteroatoms. The molecule has 0 saturated carbocycles. The van der Waals surface area contributed by atoms with Crippen LogP contribution >= 0.6 is 0 Å². The number of hydrogen-bond donors (Lipinski definition) is 4. The lowest BCUT2D eigenvalue weighted by molar-refractivity contribution is -0.119. The maximum Gasteiger partial charge on any atom is 0.216 e. The molecule has 94 valence electrons. The van der Waals surface area contributed by atoms with Crippen molar-refractivity contribution in [2.24, 2.45) is 0 Å². The van der Waals surface area contributed by atoms with Gasteiger partial charge in [-0.1, -0.05) is 0 Å². The summed E-state index contributed by atoms with van der Waals surface area (Å²) in [6, 6.07) is 1.66. The molecule has 1 rings (SSSR count). The number of aryl methyl sites for hydroxylation is 1. The number of carbonyl (C=O) groups excluding carboxylic acids is 1. The van der Waals surface area contributed by atoms with Crippen LogP contribution in [0.5, 0.6) is 0 Å². The number of nitrogens with two attached hydrogens (primary N) is 1. The molecular formula is C11H17N3O3. The van der Waals surface area contributed by atoms with Gasteiger partial charge in [0.15, 0.2) is 0 Å². The minimum Gasteiger partial charge on any atom is -0.388 e. The summed E-state index contributed by atoms with van der Waals surface area (Å²) in [5.74, 6) is -0.100. The van der Waals surface area contributed by atoms with Gasteiger partial charge in [0.2, 0.25) is 5.91 Å². The molecule has 0 aliphatic heterocycles. The molecule has 6 nitrogen and oxygen atoms in total. The van der Waals surface area contributed by atoms with Crippen molar-refractivity contribution in [3.8, 4) is 0 Å². The Bertz CT molecular complexity index is 409. The molecule has 0 radical (unpaired) electrons. The van der Waals surface area contributed by atoms with Gasteiger partial charge >= 0.3 is 0 Å². The Hall–Kier alpha value is -1.66. The second-order valence-electron chi connectivity index (χ2n) is 3.94. The topological polar surface area (TPSA) is 108 Å². The average Bonchev–Trinajstić information content (AvgIpc) is 2.28. The first kappa shape index (κ1) is 13.4. The van der Waals surface area contributed by atoms with Gasteiger partial charge in [-0.3, -0.25) is 4.79 Å². The molecule has 0 spiro atoms. The van der Waals surface area contributed by atoms with E-state index in [1.165, 1.54) is 6.92 Å². The molecule has 2 unspecified atom stereocenters. The van der Waals surface area contributed by atoms with E-state index in [1.54, 1.807) is 12.3 Å². The predicted molar refractivity (Wildman–Crippen MR) is 63.0 cm³/mol. The molecule has 17 heavy (non-hydrogen) atoms. The maximum absolute atomic E-state index is 10.7. The van der Waals surface area contributed by atoms with Crippen LogP contribution in [0.2, 0.25) is 0 Å². The van der Waals surface area contributed by atoms with Gasteiger partial charge in [0, 0.05) is 25.2 Å². The molecule has 2 atom stereocenters. The van der Waals surface area contributed by atoms with Gasteiger partial charge in [-0.05, 0) is 18.6 Å². The van der Waals surface area contributed by atoms with Crippen LogP contribution in [0, 0.1) is 6.92 Å². The van der Waals surface area contributed by atoms with Crippen molar-refractivity contribution in [3.63, 3.8) is 0 Å². The van der Waals surface area contributed by atoms with Gasteiger partial charge in [0.25, 0.3) is 0 Å². The molecule has 1 aromatic heterocycles. The predicted octanol–water partition coefficient (Wildman–Crippen LogP) is -0.497. The number of pyridine rings is 1. The minimum atomic E-state index is -1.17. The Morgan fingerprint density at radius 1 is 1.59 bits per heavy atom. The highest BCUT2D eigenvalue weighted by Gasteiger charge is 2.21. The monoisotopic (exact) mass is 239 g/mol. The van der Waals surface area contributed by atoms with E-state index in [-0.39, 0.29) is 18.3 Å². The number of anilines is 1. The Balaban J connectivity index is 2.77. The summed E-state index contributed by atoms with van der Waals surface area (Å²) in [7, 11) is 0. The van der Waals surface area contributed by atoms with Crippen LogP contribution in [-0.2, 0) is 4.79 Å². The summed E-state index contributed by atoms with van der Waals surface area (Å²) in [6.07, 6.45) is -0.717. The summed E-state index contributed by atoms with van der Waals surface area (Å²) in [5, 5.41) is 22.0. The van der Waals surface area contributed by atoms with E-state index in [4.69, 9.17) is 5.73 Å². The van der Waals surface area contributed by atoms with Gasteiger partial charge in [-0.25, -0.2) is 4.98 Å². The molecule has 0 aliphatic rings. The van der Waals surface area contributed by atoms with Crippen LogP contribution in [0.1, 0.15) is 24.2 Å². The molecule has 0 saturated heterocycles. The number of aliphatic hydroxyl groups excluding tert-OH is 2. The molecule has 1 aromatic rings. The highest BCUT2D eigenvalue weighted by Crippen LogP contribution is 2.22. The minimum absolute atomic E-state index is 0.0378. The highest BCUT2D eigenvalue weighted by atomic mass is 16.3. The number of rotatable bonds is 4. The van der Waals surface area contributed by atoms with Crippen LogP contribution < -0.4 is 11.1 Å². The normalized spacial score (nSPS) is 14.1. The molecule has 0 aromatic carbocycles. The van der Waals surface area contributed by atoms with Gasteiger partial charge in [-0.15, -0.1) is 0 Å². The Morgan fingerprint density at radius 3 is 2.82 bits per heavy atom. The molecule has 0 aliphatic carbocycles. The maximum atomic E-state index is 10.7. The fraction of sp³-hybridized carbons (Fsp3) is 0.455. The fourth-order valence-corrected chi connectivity index (χ4v) is 1.41. The van der Waals surface area contributed by atoms with E-state index in [2.05, 4.69) is 10.3 Å². The number of amides is 1. The average molecular weight is 239 g/mol. The van der Waals surface area contributed by atoms with Crippen molar-refractivity contribution in [1.82, 2.24) is 10.3 Å². The van der Waals surface area contributed by atoms with E-state index in [1.807, 2.05) is 6.92 Å². The standard InChI is InChI=1S/C11H17N3O3/c1-6-3-8(11(12)14-4-6)10(17)9(16)5-13-7(2)15/h3-4,9-10,16-17H,5H2,1-2H3,(H2,12,14)(H,13,15). The van der Waals surface area contributed by atoms with Crippen molar-refractivity contribution in [1.29, 1.82) is 0 Å². The third-order valence-electron chi connectivity index (χ3n) is 2.33. The van der Waals surface area contributed by atoms with E-state index in [9.17, 15) is 15.0 Å². The number of aromatic nitrogens is 1. The van der Waals surface area contributed by atoms with Crippen molar-refractivity contribution < 1.29 is 15.0 Å². The molecule has 0 bridgehead atoms. The number of nitrogens with zero attached hydrogens (tertiary/aromatic N) is 1. The third kappa shape index (κ3) is 3.69. The number of aliphatic hydroxyl groups is 2. The lowest BCUT2D eigenvalue weighted by atomic mass is 10.0. The first-order valence-electron chi connectivity index (χ1n) is 5.24. The van der Waals surface area contributed by atoms with E-state index < -0.39 is 12.2 Å². The summed E-state index contributed by atoms with van der Waals surface area (Å²) in [5.41, 5.74) is 6.81. The van der Waals surface area contributed by atoms with E-state index >= 15 is 0 Å². The zero-order valence-electron chi connectivity index (χ0n) is 9.84. The van der Waals surface area contributed by atoms with E-state index in [0.717, 1.165) is 5.56 Å². The molecule has 1 amide bonds. The largest absolute Gasteiger partial charge is 0.388 e. The Morgan fingerprint density at radius 2 is 2.24 bits per heavy atom. The van der Waals surface area contributed by atoms with Gasteiger partial charge in [0.05, 0.1) is 0 Å². The van der Waals surface area contributed by atoms with E-state index in [0.29, 0.717) is 5.56 Å². The zero-order valence-corrected chi connectivity index (χ0v) is 9.84. The first-order valence-corrected chi connectivity index (χ1v) is 5.24. The Kier molecular flexibility index (Phi) is 4.42. The van der Waals surface area contributed by atoms with Crippen molar-refractivity contribution >= 4 is 11.7 Å². The first-order chi connectivity index (χ1) is 7.91. The van der Waals surface area contributed by atoms with Crippen molar-refractivity contribution in [3.05, 3.63) is 23.4 Å². The number of carbonyl (C=O) groups is 1. The molecule has 1 heterocycles. The smallest absolute Gasteiger partial charge is 0.216 e. The summed E-state index contributed by atoms with van der Waals surface area (Å²) < 4.78 is 0. The third-order valence-corrected chi connectivity index (χ3v) is 2.33. The zero-order chi connectivity index (χ0) is 13.0. The second-order valence-corrected chi connectivity index (χ2v) is 3.94. The molecule has 0 fully saturated rings. The number of hydrogen-bond acceptors (Lipinski definition) is 5. The summed E-state index contributed by atoms with van der Waals surface area (Å²) in [6.45, 7) is 3.11.